The summed E-state index contributed by atoms with van der Waals surface area (Å²) in [5, 5.41) is 9.99. The predicted octanol–water partition coefficient (Wildman–Crippen LogP) is 3.30. The van der Waals surface area contributed by atoms with E-state index >= 15 is 0 Å². The van der Waals surface area contributed by atoms with Crippen LogP contribution < -0.4 is 0 Å². The van der Waals surface area contributed by atoms with Crippen LogP contribution >= 0.6 is 0 Å². The minimum Gasteiger partial charge on any atom is -0.388 e. The number of rotatable bonds is 3. The van der Waals surface area contributed by atoms with Gasteiger partial charge in [-0.05, 0) is 17.9 Å². The van der Waals surface area contributed by atoms with E-state index in [0.717, 1.165) is 6.42 Å². The highest BCUT2D eigenvalue weighted by Gasteiger charge is 2.28. The summed E-state index contributed by atoms with van der Waals surface area (Å²) in [7, 11) is 0. The van der Waals surface area contributed by atoms with Gasteiger partial charge < -0.3 is 5.11 Å². The Labute approximate surface area is 84.6 Å². The average Bonchev–Trinajstić information content (AvgIpc) is 2.17. The zero-order valence-electron chi connectivity index (χ0n) is 8.92. The van der Waals surface area contributed by atoms with E-state index in [1.807, 2.05) is 20.8 Å². The van der Waals surface area contributed by atoms with Crippen LogP contribution in [0.25, 0.3) is 0 Å². The lowest BCUT2D eigenvalue weighted by Gasteiger charge is -2.29. The Balaban J connectivity index is 3.00. The van der Waals surface area contributed by atoms with E-state index in [1.165, 1.54) is 6.07 Å². The summed E-state index contributed by atoms with van der Waals surface area (Å²) >= 11 is 0. The smallest absolute Gasteiger partial charge is 0.129 e. The van der Waals surface area contributed by atoms with E-state index in [-0.39, 0.29) is 11.2 Å². The fourth-order valence-electron chi connectivity index (χ4n) is 1.31. The number of halogens is 1. The molecule has 0 heterocycles. The molecule has 0 saturated heterocycles. The lowest BCUT2D eigenvalue weighted by molar-refractivity contribution is 0.0436. The molecule has 14 heavy (non-hydrogen) atoms. The Morgan fingerprint density at radius 3 is 2.43 bits per heavy atom. The van der Waals surface area contributed by atoms with Gasteiger partial charge in [-0.2, -0.15) is 0 Å². The number of benzene rings is 1. The van der Waals surface area contributed by atoms with Crippen molar-refractivity contribution in [1.29, 1.82) is 0 Å². The molecule has 0 spiro atoms. The van der Waals surface area contributed by atoms with Crippen molar-refractivity contribution in [2.75, 3.05) is 0 Å². The second kappa shape index (κ2) is 4.09. The summed E-state index contributed by atoms with van der Waals surface area (Å²) in [6.07, 6.45) is 0.0661. The third-order valence-corrected chi connectivity index (χ3v) is 2.85. The van der Waals surface area contributed by atoms with Crippen molar-refractivity contribution in [3.8, 4) is 0 Å². The van der Waals surface area contributed by atoms with Crippen molar-refractivity contribution in [3.05, 3.63) is 35.6 Å². The third-order valence-electron chi connectivity index (χ3n) is 2.85. The molecular weight excluding hydrogens is 179 g/mol. The molecule has 0 amide bonds. The molecule has 0 radical (unpaired) electrons. The van der Waals surface area contributed by atoms with Crippen LogP contribution in [0.3, 0.4) is 0 Å². The Bertz CT molecular complexity index is 307. The zero-order chi connectivity index (χ0) is 10.8. The van der Waals surface area contributed by atoms with Crippen LogP contribution in [-0.4, -0.2) is 5.11 Å². The van der Waals surface area contributed by atoms with Crippen molar-refractivity contribution in [1.82, 2.24) is 0 Å². The molecule has 1 aromatic rings. The van der Waals surface area contributed by atoms with Gasteiger partial charge in [-0.15, -0.1) is 0 Å². The van der Waals surface area contributed by atoms with Crippen molar-refractivity contribution in [3.63, 3.8) is 0 Å². The first-order chi connectivity index (χ1) is 6.49. The SMILES string of the molecule is CCC(C)(C)C(O)c1ccccc1F. The van der Waals surface area contributed by atoms with Crippen molar-refractivity contribution in [2.24, 2.45) is 5.41 Å². The molecule has 1 N–H and O–H groups in total. The number of hydrogen-bond donors (Lipinski definition) is 1. The maximum atomic E-state index is 13.3. The van der Waals surface area contributed by atoms with E-state index in [4.69, 9.17) is 0 Å². The van der Waals surface area contributed by atoms with Crippen molar-refractivity contribution in [2.45, 2.75) is 33.3 Å². The maximum Gasteiger partial charge on any atom is 0.129 e. The van der Waals surface area contributed by atoms with Gasteiger partial charge in [0.05, 0.1) is 6.10 Å². The number of aliphatic hydroxyl groups excluding tert-OH is 1. The molecule has 78 valence electrons. The van der Waals surface area contributed by atoms with Gasteiger partial charge >= 0.3 is 0 Å². The van der Waals surface area contributed by atoms with E-state index in [1.54, 1.807) is 18.2 Å². The summed E-state index contributed by atoms with van der Waals surface area (Å²) in [4.78, 5) is 0. The Morgan fingerprint density at radius 1 is 1.36 bits per heavy atom. The zero-order valence-corrected chi connectivity index (χ0v) is 8.92. The van der Waals surface area contributed by atoms with Crippen molar-refractivity contribution < 1.29 is 9.50 Å². The first-order valence-corrected chi connectivity index (χ1v) is 4.91. The minimum absolute atomic E-state index is 0.289. The number of aliphatic hydroxyl groups is 1. The van der Waals surface area contributed by atoms with Crippen LogP contribution in [0.1, 0.15) is 38.9 Å². The molecule has 0 aliphatic heterocycles. The highest BCUT2D eigenvalue weighted by molar-refractivity contribution is 5.21. The molecule has 0 bridgehead atoms. The standard InChI is InChI=1S/C12H17FO/c1-4-12(2,3)11(14)9-7-5-6-8-10(9)13/h5-8,11,14H,4H2,1-3H3. The van der Waals surface area contributed by atoms with Gasteiger partial charge in [0, 0.05) is 5.56 Å². The molecule has 0 aliphatic rings. The molecule has 1 nitrogen and oxygen atoms in total. The first-order valence-electron chi connectivity index (χ1n) is 4.91. The van der Waals surface area contributed by atoms with Crippen LogP contribution in [-0.2, 0) is 0 Å². The summed E-state index contributed by atoms with van der Waals surface area (Å²) in [6, 6.07) is 6.39. The van der Waals surface area contributed by atoms with Gasteiger partial charge in [-0.1, -0.05) is 39.0 Å². The highest BCUT2D eigenvalue weighted by Crippen LogP contribution is 2.36. The Kier molecular flexibility index (Phi) is 3.27. The first kappa shape index (κ1) is 11.2. The summed E-state index contributed by atoms with van der Waals surface area (Å²) in [5.41, 5.74) is 0.0988. The maximum absolute atomic E-state index is 13.3. The number of hydrogen-bond acceptors (Lipinski definition) is 1. The molecule has 1 unspecified atom stereocenters. The van der Waals surface area contributed by atoms with E-state index in [0.29, 0.717) is 5.56 Å². The lowest BCUT2D eigenvalue weighted by atomic mass is 9.80. The molecule has 2 heteroatoms. The molecule has 0 aromatic heterocycles. The second-order valence-corrected chi connectivity index (χ2v) is 4.27. The summed E-state index contributed by atoms with van der Waals surface area (Å²) in [5.74, 6) is -0.332. The van der Waals surface area contributed by atoms with Gasteiger partial charge in [-0.3, -0.25) is 0 Å². The summed E-state index contributed by atoms with van der Waals surface area (Å²) < 4.78 is 13.3. The monoisotopic (exact) mass is 196 g/mol. The van der Waals surface area contributed by atoms with Crippen molar-refractivity contribution >= 4 is 0 Å². The highest BCUT2D eigenvalue weighted by atomic mass is 19.1. The molecule has 1 rings (SSSR count). The fraction of sp³-hybridized carbons (Fsp3) is 0.500. The largest absolute Gasteiger partial charge is 0.388 e. The molecule has 0 aliphatic carbocycles. The molecular formula is C12H17FO. The van der Waals surface area contributed by atoms with E-state index in [9.17, 15) is 9.50 Å². The van der Waals surface area contributed by atoms with Crippen LogP contribution in [0.15, 0.2) is 24.3 Å². The predicted molar refractivity (Wildman–Crippen MR) is 55.4 cm³/mol. The van der Waals surface area contributed by atoms with Gasteiger partial charge in [0.1, 0.15) is 5.82 Å². The van der Waals surface area contributed by atoms with Crippen LogP contribution in [0, 0.1) is 11.2 Å². The van der Waals surface area contributed by atoms with Gasteiger partial charge in [0.25, 0.3) is 0 Å². The molecule has 1 atom stereocenters. The van der Waals surface area contributed by atoms with Gasteiger partial charge in [0.15, 0.2) is 0 Å². The molecule has 0 saturated carbocycles. The third kappa shape index (κ3) is 2.13. The van der Waals surface area contributed by atoms with Crippen LogP contribution in [0.5, 0.6) is 0 Å². The lowest BCUT2D eigenvalue weighted by Crippen LogP contribution is -2.21. The Morgan fingerprint density at radius 2 is 1.93 bits per heavy atom. The minimum atomic E-state index is -0.742. The van der Waals surface area contributed by atoms with Crippen LogP contribution in [0.2, 0.25) is 0 Å². The normalized spacial score (nSPS) is 14.1. The second-order valence-electron chi connectivity index (χ2n) is 4.27. The topological polar surface area (TPSA) is 20.2 Å². The van der Waals surface area contributed by atoms with Gasteiger partial charge in [0.2, 0.25) is 0 Å². The fourth-order valence-corrected chi connectivity index (χ4v) is 1.31. The quantitative estimate of drug-likeness (QED) is 0.786. The Hall–Kier alpha value is -0.890. The van der Waals surface area contributed by atoms with E-state index in [2.05, 4.69) is 0 Å². The molecule has 1 aromatic carbocycles. The van der Waals surface area contributed by atoms with Crippen LogP contribution in [0.4, 0.5) is 4.39 Å². The van der Waals surface area contributed by atoms with E-state index < -0.39 is 6.10 Å². The summed E-state index contributed by atoms with van der Waals surface area (Å²) in [6.45, 7) is 5.86. The molecule has 0 fully saturated rings. The van der Waals surface area contributed by atoms with Gasteiger partial charge in [-0.25, -0.2) is 4.39 Å². The average molecular weight is 196 g/mol.